The van der Waals surface area contributed by atoms with Crippen molar-refractivity contribution in [3.63, 3.8) is 0 Å². The second-order valence-corrected chi connectivity index (χ2v) is 4.50. The quantitative estimate of drug-likeness (QED) is 0.498. The number of ether oxygens (including phenoxy) is 1. The Hall–Kier alpha value is -2.74. The fourth-order valence-corrected chi connectivity index (χ4v) is 1.80. The molecule has 0 atom stereocenters. The van der Waals surface area contributed by atoms with Crippen LogP contribution in [0.4, 0.5) is 21.6 Å². The van der Waals surface area contributed by atoms with Gasteiger partial charge >= 0.3 is 11.7 Å². The number of hydrogen-bond donors (Lipinski definition) is 1. The lowest BCUT2D eigenvalue weighted by Crippen LogP contribution is -2.06. The summed E-state index contributed by atoms with van der Waals surface area (Å²) in [4.78, 5) is 25.5. The molecule has 2 aromatic rings. The first kappa shape index (κ1) is 19.3. The Morgan fingerprint density at radius 1 is 1.38 bits per heavy atom. The number of rotatable bonds is 4. The van der Waals surface area contributed by atoms with Crippen LogP contribution in [0.5, 0.6) is 0 Å². The molecule has 9 heteroatoms. The van der Waals surface area contributed by atoms with Crippen molar-refractivity contribution in [3.05, 3.63) is 57.0 Å². The summed E-state index contributed by atoms with van der Waals surface area (Å²) in [6.45, 7) is 4.00. The van der Waals surface area contributed by atoms with Crippen LogP contribution >= 0.6 is 11.6 Å². The van der Waals surface area contributed by atoms with Crippen LogP contribution in [-0.2, 0) is 4.74 Å². The standard InChI is InChI=1S/C13H9ClFN3O4.C2H6/c1-22-13(19)7-4-11(18(20)21)12(16-6-7)17-10-5-8(15)2-3-9(10)14;1-2/h2-6H,1H3,(H,16,17);1-2H3. The van der Waals surface area contributed by atoms with E-state index in [0.29, 0.717) is 0 Å². The monoisotopic (exact) mass is 355 g/mol. The molecule has 0 bridgehead atoms. The Morgan fingerprint density at radius 3 is 2.62 bits per heavy atom. The number of esters is 1. The lowest BCUT2D eigenvalue weighted by atomic mass is 10.2. The van der Waals surface area contributed by atoms with Gasteiger partial charge in [0.25, 0.3) is 0 Å². The highest BCUT2D eigenvalue weighted by molar-refractivity contribution is 6.33. The first-order valence-corrected chi connectivity index (χ1v) is 7.25. The van der Waals surface area contributed by atoms with Crippen LogP contribution < -0.4 is 5.32 Å². The minimum Gasteiger partial charge on any atom is -0.465 e. The van der Waals surface area contributed by atoms with Crippen LogP contribution in [0.1, 0.15) is 24.2 Å². The van der Waals surface area contributed by atoms with Crippen molar-refractivity contribution < 1.29 is 18.8 Å². The third-order valence-corrected chi connectivity index (χ3v) is 3.00. The molecular weight excluding hydrogens is 341 g/mol. The van der Waals surface area contributed by atoms with Crippen molar-refractivity contribution in [3.8, 4) is 0 Å². The molecule has 1 heterocycles. The number of nitrogens with one attached hydrogen (secondary N) is 1. The Morgan fingerprint density at radius 2 is 2.04 bits per heavy atom. The fraction of sp³-hybridized carbons (Fsp3) is 0.200. The van der Waals surface area contributed by atoms with Crippen molar-refractivity contribution in [1.29, 1.82) is 0 Å². The molecule has 0 aliphatic heterocycles. The number of halogens is 2. The van der Waals surface area contributed by atoms with Crippen molar-refractivity contribution in [1.82, 2.24) is 4.98 Å². The van der Waals surface area contributed by atoms with Gasteiger partial charge in [-0.2, -0.15) is 0 Å². The van der Waals surface area contributed by atoms with Gasteiger partial charge in [-0.1, -0.05) is 25.4 Å². The average molecular weight is 356 g/mol. The molecule has 0 amide bonds. The highest BCUT2D eigenvalue weighted by atomic mass is 35.5. The van der Waals surface area contributed by atoms with Gasteiger partial charge in [-0.05, 0) is 18.2 Å². The Labute approximate surface area is 142 Å². The van der Waals surface area contributed by atoms with Crippen LogP contribution in [-0.4, -0.2) is 23.0 Å². The summed E-state index contributed by atoms with van der Waals surface area (Å²) in [7, 11) is 1.15. The number of carbonyl (C=O) groups is 1. The number of carbonyl (C=O) groups excluding carboxylic acids is 1. The molecule has 0 saturated heterocycles. The molecule has 128 valence electrons. The van der Waals surface area contributed by atoms with Crippen molar-refractivity contribution in [2.24, 2.45) is 0 Å². The van der Waals surface area contributed by atoms with E-state index >= 15 is 0 Å². The maximum Gasteiger partial charge on any atom is 0.339 e. The van der Waals surface area contributed by atoms with Gasteiger partial charge in [-0.3, -0.25) is 10.1 Å². The number of anilines is 2. The number of hydrogen-bond acceptors (Lipinski definition) is 6. The van der Waals surface area contributed by atoms with Crippen LogP contribution in [0, 0.1) is 15.9 Å². The maximum atomic E-state index is 13.2. The predicted molar refractivity (Wildman–Crippen MR) is 88.3 cm³/mol. The second-order valence-electron chi connectivity index (χ2n) is 4.09. The number of benzene rings is 1. The van der Waals surface area contributed by atoms with E-state index in [1.54, 1.807) is 0 Å². The molecule has 24 heavy (non-hydrogen) atoms. The summed E-state index contributed by atoms with van der Waals surface area (Å²) < 4.78 is 17.7. The molecule has 0 aliphatic rings. The van der Waals surface area contributed by atoms with Crippen LogP contribution in [0.25, 0.3) is 0 Å². The smallest absolute Gasteiger partial charge is 0.339 e. The number of pyridine rings is 1. The van der Waals surface area contributed by atoms with E-state index in [1.807, 2.05) is 13.8 Å². The van der Waals surface area contributed by atoms with Gasteiger partial charge in [-0.15, -0.1) is 0 Å². The highest BCUT2D eigenvalue weighted by Gasteiger charge is 2.20. The highest BCUT2D eigenvalue weighted by Crippen LogP contribution is 2.30. The van der Waals surface area contributed by atoms with Crippen molar-refractivity contribution >= 4 is 34.8 Å². The number of nitrogens with zero attached hydrogens (tertiary/aromatic N) is 2. The Kier molecular flexibility index (Phi) is 7.06. The van der Waals surface area contributed by atoms with E-state index < -0.39 is 22.4 Å². The summed E-state index contributed by atoms with van der Waals surface area (Å²) >= 11 is 5.88. The molecule has 0 saturated carbocycles. The Balaban J connectivity index is 0.00000139. The molecule has 1 aromatic heterocycles. The summed E-state index contributed by atoms with van der Waals surface area (Å²) in [5, 5.41) is 13.8. The van der Waals surface area contributed by atoms with Gasteiger partial charge in [0.1, 0.15) is 5.82 Å². The van der Waals surface area contributed by atoms with Gasteiger partial charge in [0.15, 0.2) is 0 Å². The minimum absolute atomic E-state index is 0.0786. The van der Waals surface area contributed by atoms with Crippen LogP contribution in [0.2, 0.25) is 5.02 Å². The van der Waals surface area contributed by atoms with Gasteiger partial charge < -0.3 is 10.1 Å². The van der Waals surface area contributed by atoms with E-state index in [-0.39, 0.29) is 22.1 Å². The average Bonchev–Trinajstić information content (AvgIpc) is 2.59. The molecule has 0 unspecified atom stereocenters. The van der Waals surface area contributed by atoms with E-state index in [1.165, 1.54) is 6.07 Å². The lowest BCUT2D eigenvalue weighted by molar-refractivity contribution is -0.384. The number of methoxy groups -OCH3 is 1. The molecule has 2 rings (SSSR count). The van der Waals surface area contributed by atoms with E-state index in [4.69, 9.17) is 11.6 Å². The topological polar surface area (TPSA) is 94.4 Å². The van der Waals surface area contributed by atoms with Crippen LogP contribution in [0.3, 0.4) is 0 Å². The molecular formula is C15H15ClFN3O4. The molecule has 7 nitrogen and oxygen atoms in total. The van der Waals surface area contributed by atoms with Crippen molar-refractivity contribution in [2.75, 3.05) is 12.4 Å². The zero-order valence-electron chi connectivity index (χ0n) is 13.2. The number of nitro groups is 1. The minimum atomic E-state index is -0.758. The van der Waals surface area contributed by atoms with Gasteiger partial charge in [-0.25, -0.2) is 14.2 Å². The third kappa shape index (κ3) is 4.63. The molecule has 1 aromatic carbocycles. The molecule has 0 radical (unpaired) electrons. The SMILES string of the molecule is CC.COC(=O)c1cnc(Nc2cc(F)ccc2Cl)c([N+](=O)[O-])c1. The van der Waals surface area contributed by atoms with Crippen molar-refractivity contribution in [2.45, 2.75) is 13.8 Å². The lowest BCUT2D eigenvalue weighted by Gasteiger charge is -2.09. The number of aromatic nitrogens is 1. The summed E-state index contributed by atoms with van der Waals surface area (Å²) in [5.74, 6) is -1.50. The predicted octanol–water partition coefficient (Wildman–Crippen LogP) is 4.34. The summed E-state index contributed by atoms with van der Waals surface area (Å²) in [5.41, 5.74) is -0.434. The largest absolute Gasteiger partial charge is 0.465 e. The van der Waals surface area contributed by atoms with Crippen LogP contribution in [0.15, 0.2) is 30.5 Å². The maximum absolute atomic E-state index is 13.2. The molecule has 0 fully saturated rings. The van der Waals surface area contributed by atoms with E-state index in [0.717, 1.165) is 31.5 Å². The van der Waals surface area contributed by atoms with Gasteiger partial charge in [0.05, 0.1) is 28.3 Å². The zero-order chi connectivity index (χ0) is 18.3. The van der Waals surface area contributed by atoms with E-state index in [2.05, 4.69) is 15.0 Å². The van der Waals surface area contributed by atoms with Gasteiger partial charge in [0.2, 0.25) is 5.82 Å². The second kappa shape index (κ2) is 8.78. The Bertz CT molecular complexity index is 755. The molecule has 1 N–H and O–H groups in total. The summed E-state index contributed by atoms with van der Waals surface area (Å²) in [6, 6.07) is 4.53. The summed E-state index contributed by atoms with van der Waals surface area (Å²) in [6.07, 6.45) is 1.11. The molecule has 0 spiro atoms. The fourth-order valence-electron chi connectivity index (χ4n) is 1.64. The first-order chi connectivity index (χ1) is 11.4. The normalized spacial score (nSPS) is 9.54. The van der Waals surface area contributed by atoms with E-state index in [9.17, 15) is 19.3 Å². The third-order valence-electron chi connectivity index (χ3n) is 2.67. The molecule has 0 aliphatic carbocycles. The zero-order valence-corrected chi connectivity index (χ0v) is 13.9. The first-order valence-electron chi connectivity index (χ1n) is 6.87. The van der Waals surface area contributed by atoms with Gasteiger partial charge in [0, 0.05) is 12.3 Å².